The topological polar surface area (TPSA) is 49.6 Å². The van der Waals surface area contributed by atoms with Crippen molar-refractivity contribution in [3.8, 4) is 0 Å². The molecule has 0 spiro atoms. The first kappa shape index (κ1) is 13.5. The molecule has 6 heteroatoms. The van der Waals surface area contributed by atoms with E-state index in [1.165, 1.54) is 0 Å². The lowest BCUT2D eigenvalue weighted by atomic mass is 10.1. The number of nitrogens with zero attached hydrogens (tertiary/aromatic N) is 3. The molecule has 1 aromatic rings. The maximum Gasteiger partial charge on any atom is 0.178 e. The van der Waals surface area contributed by atoms with E-state index in [9.17, 15) is 0 Å². The number of rotatable bonds is 1. The lowest BCUT2D eigenvalue weighted by Gasteiger charge is -2.19. The molecule has 0 saturated heterocycles. The average molecular weight is 327 g/mol. The molecule has 1 N–H and O–H groups in total. The van der Waals surface area contributed by atoms with Crippen molar-refractivity contribution in [1.82, 2.24) is 10.4 Å². The molecular formula is C12H15BrN4S. The van der Waals surface area contributed by atoms with Crippen molar-refractivity contribution in [3.63, 3.8) is 0 Å². The minimum Gasteiger partial charge on any atom is -0.264 e. The number of pyridine rings is 1. The number of hydrazone groups is 1. The fourth-order valence-electron chi connectivity index (χ4n) is 1.43. The van der Waals surface area contributed by atoms with Crippen LogP contribution in [0.4, 0.5) is 0 Å². The van der Waals surface area contributed by atoms with Crippen molar-refractivity contribution in [2.75, 3.05) is 5.75 Å². The second kappa shape index (κ2) is 5.40. The largest absolute Gasteiger partial charge is 0.264 e. The number of thioether (sulfide) groups is 1. The van der Waals surface area contributed by atoms with Gasteiger partial charge in [0.1, 0.15) is 0 Å². The summed E-state index contributed by atoms with van der Waals surface area (Å²) < 4.78 is 0.961. The van der Waals surface area contributed by atoms with Crippen molar-refractivity contribution in [2.45, 2.75) is 26.3 Å². The molecule has 2 rings (SSSR count). The summed E-state index contributed by atoms with van der Waals surface area (Å²) in [6.07, 6.45) is 3.55. The highest BCUT2D eigenvalue weighted by Crippen LogP contribution is 2.21. The van der Waals surface area contributed by atoms with Crippen molar-refractivity contribution in [1.29, 1.82) is 0 Å². The Hall–Kier alpha value is -0.880. The normalized spacial score (nSPS) is 18.4. The van der Waals surface area contributed by atoms with Crippen LogP contribution in [0.3, 0.4) is 0 Å². The number of halogens is 1. The summed E-state index contributed by atoms with van der Waals surface area (Å²) in [7, 11) is 0. The van der Waals surface area contributed by atoms with Gasteiger partial charge in [0, 0.05) is 28.2 Å². The fourth-order valence-corrected chi connectivity index (χ4v) is 2.85. The van der Waals surface area contributed by atoms with Crippen molar-refractivity contribution in [2.24, 2.45) is 10.1 Å². The van der Waals surface area contributed by atoms with Crippen LogP contribution in [0.15, 0.2) is 33.0 Å². The Kier molecular flexibility index (Phi) is 4.07. The predicted molar refractivity (Wildman–Crippen MR) is 81.3 cm³/mol. The quantitative estimate of drug-likeness (QED) is 0.862. The van der Waals surface area contributed by atoms with E-state index in [0.29, 0.717) is 0 Å². The number of aliphatic imine (C=N–C) groups is 1. The summed E-state index contributed by atoms with van der Waals surface area (Å²) >= 11 is 5.15. The Bertz CT molecular complexity index is 505. The number of hydrogen-bond acceptors (Lipinski definition) is 4. The van der Waals surface area contributed by atoms with E-state index in [1.807, 2.05) is 6.07 Å². The molecule has 1 aliphatic heterocycles. The third-order valence-corrected chi connectivity index (χ3v) is 3.66. The van der Waals surface area contributed by atoms with Gasteiger partial charge in [-0.1, -0.05) is 11.8 Å². The monoisotopic (exact) mass is 326 g/mol. The Morgan fingerprint density at radius 3 is 2.78 bits per heavy atom. The van der Waals surface area contributed by atoms with Crippen molar-refractivity contribution < 1.29 is 0 Å². The summed E-state index contributed by atoms with van der Waals surface area (Å²) in [6, 6.07) is 1.96. The van der Waals surface area contributed by atoms with Gasteiger partial charge in [0.15, 0.2) is 5.17 Å². The van der Waals surface area contributed by atoms with E-state index in [4.69, 9.17) is 0 Å². The van der Waals surface area contributed by atoms with E-state index < -0.39 is 0 Å². The smallest absolute Gasteiger partial charge is 0.178 e. The molecule has 1 aromatic heterocycles. The van der Waals surface area contributed by atoms with Gasteiger partial charge in [-0.3, -0.25) is 15.4 Å². The van der Waals surface area contributed by atoms with E-state index in [-0.39, 0.29) is 5.54 Å². The molecule has 0 aliphatic carbocycles. The van der Waals surface area contributed by atoms with Crippen LogP contribution in [0.2, 0.25) is 0 Å². The Balaban J connectivity index is 2.17. The van der Waals surface area contributed by atoms with Crippen LogP contribution in [0.1, 0.15) is 26.3 Å². The van der Waals surface area contributed by atoms with Crippen LogP contribution in [0.5, 0.6) is 0 Å². The Morgan fingerprint density at radius 2 is 2.22 bits per heavy atom. The molecule has 2 heterocycles. The second-order valence-corrected chi connectivity index (χ2v) is 6.72. The molecular weight excluding hydrogens is 312 g/mol. The molecule has 0 amide bonds. The van der Waals surface area contributed by atoms with Gasteiger partial charge in [-0.2, -0.15) is 5.10 Å². The van der Waals surface area contributed by atoms with E-state index in [0.717, 1.165) is 26.7 Å². The van der Waals surface area contributed by atoms with Crippen LogP contribution >= 0.6 is 27.7 Å². The van der Waals surface area contributed by atoms with Gasteiger partial charge in [-0.25, -0.2) is 0 Å². The summed E-state index contributed by atoms with van der Waals surface area (Å²) in [4.78, 5) is 8.61. The standard InChI is InChI=1S/C12H15BrN4S/c1-12(2,3)15-11-17-16-10(7-18-11)8-4-5-14-6-9(8)13/h4-6H,7H2,1-3H3,(H,15,17). The Morgan fingerprint density at radius 1 is 1.44 bits per heavy atom. The van der Waals surface area contributed by atoms with Crippen LogP contribution in [0.25, 0.3) is 0 Å². The van der Waals surface area contributed by atoms with Crippen molar-refractivity contribution in [3.05, 3.63) is 28.5 Å². The summed E-state index contributed by atoms with van der Waals surface area (Å²) in [5, 5.41) is 5.26. The molecule has 0 aromatic carbocycles. The third kappa shape index (κ3) is 3.55. The van der Waals surface area contributed by atoms with Gasteiger partial charge in [-0.05, 0) is 42.8 Å². The molecule has 0 unspecified atom stereocenters. The maximum absolute atomic E-state index is 4.56. The number of hydrogen-bond donors (Lipinski definition) is 1. The molecule has 18 heavy (non-hydrogen) atoms. The highest BCUT2D eigenvalue weighted by molar-refractivity contribution is 9.10. The highest BCUT2D eigenvalue weighted by Gasteiger charge is 2.17. The van der Waals surface area contributed by atoms with Gasteiger partial charge in [0.25, 0.3) is 0 Å². The van der Waals surface area contributed by atoms with Gasteiger partial charge in [0.05, 0.1) is 11.3 Å². The minimum atomic E-state index is -0.0837. The molecule has 1 aliphatic rings. The molecule has 96 valence electrons. The molecule has 0 fully saturated rings. The summed E-state index contributed by atoms with van der Waals surface area (Å²) in [5.41, 5.74) is 5.00. The first-order valence-corrected chi connectivity index (χ1v) is 7.39. The van der Waals surface area contributed by atoms with Gasteiger partial charge < -0.3 is 0 Å². The zero-order valence-corrected chi connectivity index (χ0v) is 13.0. The lowest BCUT2D eigenvalue weighted by molar-refractivity contribution is 0.582. The number of nitrogens with one attached hydrogen (secondary N) is 1. The van der Waals surface area contributed by atoms with E-state index in [2.05, 4.69) is 57.2 Å². The summed E-state index contributed by atoms with van der Waals surface area (Å²) in [5.74, 6) is 0.810. The van der Waals surface area contributed by atoms with Gasteiger partial charge in [-0.15, -0.1) is 0 Å². The van der Waals surface area contributed by atoms with Gasteiger partial charge in [0.2, 0.25) is 0 Å². The SMILES string of the molecule is CC(C)(C)N=C1NN=C(c2ccncc2Br)CS1. The third-order valence-electron chi connectivity index (χ3n) is 2.15. The summed E-state index contributed by atoms with van der Waals surface area (Å²) in [6.45, 7) is 6.21. The van der Waals surface area contributed by atoms with Crippen LogP contribution < -0.4 is 5.43 Å². The zero-order valence-electron chi connectivity index (χ0n) is 10.6. The van der Waals surface area contributed by atoms with Crippen molar-refractivity contribution >= 4 is 38.6 Å². The lowest BCUT2D eigenvalue weighted by Crippen LogP contribution is -2.28. The number of amidine groups is 1. The molecule has 0 saturated carbocycles. The first-order valence-electron chi connectivity index (χ1n) is 5.61. The number of aromatic nitrogens is 1. The zero-order chi connectivity index (χ0) is 13.2. The van der Waals surface area contributed by atoms with Crippen LogP contribution in [-0.4, -0.2) is 27.2 Å². The van der Waals surface area contributed by atoms with Crippen LogP contribution in [-0.2, 0) is 0 Å². The highest BCUT2D eigenvalue weighted by atomic mass is 79.9. The van der Waals surface area contributed by atoms with E-state index in [1.54, 1.807) is 24.2 Å². The molecule has 0 radical (unpaired) electrons. The van der Waals surface area contributed by atoms with Gasteiger partial charge >= 0.3 is 0 Å². The molecule has 0 bridgehead atoms. The maximum atomic E-state index is 4.56. The molecule has 4 nitrogen and oxygen atoms in total. The molecule has 0 atom stereocenters. The first-order chi connectivity index (χ1) is 8.46. The fraction of sp³-hybridized carbons (Fsp3) is 0.417. The predicted octanol–water partition coefficient (Wildman–Crippen LogP) is 3.04. The van der Waals surface area contributed by atoms with Crippen LogP contribution in [0, 0.1) is 0 Å². The minimum absolute atomic E-state index is 0.0837. The Labute approximate surface area is 120 Å². The average Bonchev–Trinajstić information content (AvgIpc) is 2.29. The second-order valence-electron chi connectivity index (χ2n) is 4.90. The van der Waals surface area contributed by atoms with E-state index >= 15 is 0 Å².